The lowest BCUT2D eigenvalue weighted by molar-refractivity contribution is -0.198. The molecule has 2 heterocycles. The van der Waals surface area contributed by atoms with Crippen LogP contribution in [0, 0.1) is 5.92 Å². The number of hydrogen-bond acceptors (Lipinski definition) is 9. The van der Waals surface area contributed by atoms with Gasteiger partial charge in [0.2, 0.25) is 5.78 Å². The van der Waals surface area contributed by atoms with Crippen molar-refractivity contribution in [2.45, 2.75) is 61.2 Å². The summed E-state index contributed by atoms with van der Waals surface area (Å²) in [6.07, 6.45) is -6.89. The van der Waals surface area contributed by atoms with E-state index in [0.717, 1.165) is 0 Å². The zero-order valence-electron chi connectivity index (χ0n) is 15.1. The quantitative estimate of drug-likeness (QED) is 0.381. The van der Waals surface area contributed by atoms with Crippen molar-refractivity contribution in [3.05, 3.63) is 29.3 Å². The zero-order chi connectivity index (χ0) is 20.4. The lowest BCUT2D eigenvalue weighted by atomic mass is 9.55. The standard InChI is InChI=1S/C19H20O9/c1-6-12(21)18-13(22)8-4-3-5-9(20)10(8)14(23)19(18,28-18)16(25)17(6,26)15(24)11-7(2)27-11/h3-7,11-12,14,16,20-21,23,25-26H,1-2H3/t6-,7-,11+,12-,14-,16+,17-,18+,19+/m1/s1. The second-order valence-corrected chi connectivity index (χ2v) is 8.19. The highest BCUT2D eigenvalue weighted by Gasteiger charge is 2.92. The van der Waals surface area contributed by atoms with Crippen molar-refractivity contribution in [2.24, 2.45) is 5.92 Å². The number of carbonyl (C=O) groups excluding carboxylic acids is 2. The smallest absolute Gasteiger partial charge is 0.201 e. The summed E-state index contributed by atoms with van der Waals surface area (Å²) in [4.78, 5) is 26.1. The second-order valence-electron chi connectivity index (χ2n) is 8.19. The molecule has 0 amide bonds. The number of Topliss-reactive ketones (excluding diaryl/α,β-unsaturated/α-hetero) is 2. The van der Waals surface area contributed by atoms with Gasteiger partial charge in [0.1, 0.15) is 24.1 Å². The number of phenols is 1. The van der Waals surface area contributed by atoms with Gasteiger partial charge in [-0.3, -0.25) is 9.59 Å². The van der Waals surface area contributed by atoms with Gasteiger partial charge in [0.25, 0.3) is 0 Å². The van der Waals surface area contributed by atoms with Crippen LogP contribution in [0.25, 0.3) is 0 Å². The van der Waals surface area contributed by atoms with Crippen molar-refractivity contribution in [1.82, 2.24) is 0 Å². The van der Waals surface area contributed by atoms with E-state index in [0.29, 0.717) is 0 Å². The summed E-state index contributed by atoms with van der Waals surface area (Å²) in [6.45, 7) is 2.95. The molecule has 0 spiro atoms. The first-order valence-electron chi connectivity index (χ1n) is 9.10. The van der Waals surface area contributed by atoms with Gasteiger partial charge in [0, 0.05) is 17.0 Å². The van der Waals surface area contributed by atoms with Gasteiger partial charge in [-0.2, -0.15) is 0 Å². The first-order chi connectivity index (χ1) is 13.1. The highest BCUT2D eigenvalue weighted by molar-refractivity contribution is 6.10. The Balaban J connectivity index is 1.70. The molecule has 0 aromatic heterocycles. The minimum absolute atomic E-state index is 0.0463. The van der Waals surface area contributed by atoms with Crippen molar-refractivity contribution in [3.63, 3.8) is 0 Å². The van der Waals surface area contributed by atoms with Crippen molar-refractivity contribution in [1.29, 1.82) is 0 Å². The fourth-order valence-corrected chi connectivity index (χ4v) is 5.23. The van der Waals surface area contributed by atoms with Crippen molar-refractivity contribution in [2.75, 3.05) is 0 Å². The average molecular weight is 392 g/mol. The largest absolute Gasteiger partial charge is 0.508 e. The fraction of sp³-hybridized carbons (Fsp3) is 0.579. The number of epoxide rings is 2. The van der Waals surface area contributed by atoms with Crippen LogP contribution >= 0.6 is 0 Å². The molecule has 2 aliphatic heterocycles. The molecule has 150 valence electrons. The number of benzene rings is 1. The average Bonchev–Trinajstić information content (AvgIpc) is 3.57. The van der Waals surface area contributed by atoms with Crippen LogP contribution in [-0.2, 0) is 14.3 Å². The van der Waals surface area contributed by atoms with Gasteiger partial charge in [0.05, 0.1) is 12.2 Å². The summed E-state index contributed by atoms with van der Waals surface area (Å²) < 4.78 is 10.7. The Kier molecular flexibility index (Phi) is 3.24. The van der Waals surface area contributed by atoms with Crippen molar-refractivity contribution in [3.8, 4) is 5.75 Å². The molecule has 4 aliphatic rings. The summed E-state index contributed by atoms with van der Waals surface area (Å²) in [5.41, 5.74) is -6.92. The Morgan fingerprint density at radius 2 is 1.82 bits per heavy atom. The van der Waals surface area contributed by atoms with Crippen LogP contribution in [0.3, 0.4) is 0 Å². The summed E-state index contributed by atoms with van der Waals surface area (Å²) in [5.74, 6) is -3.25. The monoisotopic (exact) mass is 392 g/mol. The number of hydrogen-bond donors (Lipinski definition) is 5. The molecule has 0 bridgehead atoms. The molecule has 0 radical (unpaired) electrons. The first kappa shape index (κ1) is 18.2. The molecule has 3 fully saturated rings. The van der Waals surface area contributed by atoms with E-state index in [2.05, 4.69) is 0 Å². The van der Waals surface area contributed by atoms with Crippen LogP contribution in [0.4, 0.5) is 0 Å². The number of phenolic OH excluding ortho intramolecular Hbond substituents is 1. The molecule has 9 heteroatoms. The third kappa shape index (κ3) is 1.62. The van der Waals surface area contributed by atoms with E-state index in [1.807, 2.05) is 0 Å². The maximum Gasteiger partial charge on any atom is 0.201 e. The molecule has 9 nitrogen and oxygen atoms in total. The van der Waals surface area contributed by atoms with Crippen molar-refractivity contribution >= 4 is 11.6 Å². The molecule has 1 saturated carbocycles. The number of carbonyl (C=O) groups is 2. The van der Waals surface area contributed by atoms with Gasteiger partial charge < -0.3 is 35.0 Å². The molecule has 5 N–H and O–H groups in total. The van der Waals surface area contributed by atoms with Crippen LogP contribution in [0.2, 0.25) is 0 Å². The fourth-order valence-electron chi connectivity index (χ4n) is 5.23. The predicted octanol–water partition coefficient (Wildman–Crippen LogP) is -1.41. The molecule has 5 rings (SSSR count). The number of ketones is 2. The van der Waals surface area contributed by atoms with Crippen molar-refractivity contribution < 1.29 is 44.6 Å². The molecule has 9 atom stereocenters. The number of fused-ring (bicyclic) bond motifs is 1. The Morgan fingerprint density at radius 3 is 2.43 bits per heavy atom. The second kappa shape index (κ2) is 4.99. The van der Waals surface area contributed by atoms with E-state index in [1.54, 1.807) is 6.92 Å². The Bertz CT molecular complexity index is 930. The van der Waals surface area contributed by atoms with E-state index in [-0.39, 0.29) is 11.1 Å². The third-order valence-corrected chi connectivity index (χ3v) is 6.98. The highest BCUT2D eigenvalue weighted by atomic mass is 16.7. The minimum Gasteiger partial charge on any atom is -0.508 e. The van der Waals surface area contributed by atoms with E-state index in [1.165, 1.54) is 25.1 Å². The van der Waals surface area contributed by atoms with Crippen LogP contribution in [0.5, 0.6) is 5.75 Å². The maximum atomic E-state index is 13.2. The molecule has 1 aromatic rings. The number of ether oxygens (including phenoxy) is 2. The topological polar surface area (TPSA) is 160 Å². The number of aliphatic hydroxyl groups is 4. The highest BCUT2D eigenvalue weighted by Crippen LogP contribution is 2.70. The lowest BCUT2D eigenvalue weighted by Crippen LogP contribution is -2.74. The van der Waals surface area contributed by atoms with Gasteiger partial charge in [-0.25, -0.2) is 0 Å². The van der Waals surface area contributed by atoms with Crippen LogP contribution in [0.1, 0.15) is 35.9 Å². The zero-order valence-corrected chi connectivity index (χ0v) is 15.1. The number of aromatic hydroxyl groups is 1. The molecule has 2 aliphatic carbocycles. The summed E-state index contributed by atoms with van der Waals surface area (Å²) in [7, 11) is 0. The Labute approximate surface area is 159 Å². The maximum absolute atomic E-state index is 13.2. The Hall–Kier alpha value is -1.88. The molecule has 1 aromatic carbocycles. The van der Waals surface area contributed by atoms with E-state index in [4.69, 9.17) is 9.47 Å². The van der Waals surface area contributed by atoms with Gasteiger partial charge in [-0.05, 0) is 13.0 Å². The molecular weight excluding hydrogens is 372 g/mol. The van der Waals surface area contributed by atoms with E-state index in [9.17, 15) is 35.1 Å². The van der Waals surface area contributed by atoms with Crippen LogP contribution in [0.15, 0.2) is 18.2 Å². The summed E-state index contributed by atoms with van der Waals surface area (Å²) >= 11 is 0. The Morgan fingerprint density at radius 1 is 1.18 bits per heavy atom. The van der Waals surface area contributed by atoms with E-state index >= 15 is 0 Å². The lowest BCUT2D eigenvalue weighted by Gasteiger charge is -2.49. The van der Waals surface area contributed by atoms with Gasteiger partial charge in [0.15, 0.2) is 22.6 Å². The SMILES string of the molecule is C[C@@H]1[C@@H](O)[C@@]23O[C@@]2([C@H](O)c2c(O)cccc2C3=O)[C@@H](O)[C@]1(O)C(=O)[C@H]1O[C@@H]1C. The van der Waals surface area contributed by atoms with Gasteiger partial charge in [-0.15, -0.1) is 0 Å². The normalized spacial score (nSPS) is 51.0. The number of aliphatic hydroxyl groups excluding tert-OH is 3. The molecule has 2 saturated heterocycles. The predicted molar refractivity (Wildman–Crippen MR) is 89.4 cm³/mol. The number of rotatable bonds is 2. The molecule has 28 heavy (non-hydrogen) atoms. The van der Waals surface area contributed by atoms with E-state index < -0.39 is 70.6 Å². The molecular formula is C19H20O9. The minimum atomic E-state index is -2.52. The van der Waals surface area contributed by atoms with Crippen LogP contribution in [-0.4, -0.2) is 78.3 Å². The summed E-state index contributed by atoms with van der Waals surface area (Å²) in [6, 6.07) is 4.04. The third-order valence-electron chi connectivity index (χ3n) is 6.98. The van der Waals surface area contributed by atoms with Gasteiger partial charge in [-0.1, -0.05) is 19.1 Å². The molecule has 0 unspecified atom stereocenters. The van der Waals surface area contributed by atoms with Crippen LogP contribution < -0.4 is 0 Å². The first-order valence-corrected chi connectivity index (χ1v) is 9.10. The summed E-state index contributed by atoms with van der Waals surface area (Å²) in [5, 5.41) is 54.4. The van der Waals surface area contributed by atoms with Gasteiger partial charge >= 0.3 is 0 Å².